The first kappa shape index (κ1) is 19.7. The first-order valence-corrected chi connectivity index (χ1v) is 8.69. The van der Waals surface area contributed by atoms with Crippen LogP contribution in [0.1, 0.15) is 10.8 Å². The van der Waals surface area contributed by atoms with E-state index in [1.165, 1.54) is 12.1 Å². The maximum Gasteiger partial charge on any atom is 0.240 e. The highest BCUT2D eigenvalue weighted by Crippen LogP contribution is 2.38. The van der Waals surface area contributed by atoms with E-state index in [0.29, 0.717) is 13.1 Å². The smallest absolute Gasteiger partial charge is 0.240 e. The third-order valence-electron chi connectivity index (χ3n) is 3.89. The molecular formula is C18H19ClF2N2OS. The van der Waals surface area contributed by atoms with Crippen molar-refractivity contribution in [1.29, 1.82) is 0 Å². The van der Waals surface area contributed by atoms with E-state index in [2.05, 4.69) is 5.32 Å². The van der Waals surface area contributed by atoms with Gasteiger partial charge in [-0.1, -0.05) is 30.3 Å². The standard InChI is InChI=1S/C18H18F2N2OS.ClH/c19-14-6-7-16(15(20)12-14)24-17(13-4-2-1-3-5-13)18(23)22-10-8-21-9-11-22;/h1-7,12,17,21H,8-11H2;1H. The normalized spacial score (nSPS) is 15.4. The zero-order valence-corrected chi connectivity index (χ0v) is 15.1. The molecule has 0 aliphatic carbocycles. The molecule has 0 spiro atoms. The molecule has 0 saturated carbocycles. The number of benzene rings is 2. The Hall–Kier alpha value is -1.63. The van der Waals surface area contributed by atoms with E-state index in [-0.39, 0.29) is 23.2 Å². The van der Waals surface area contributed by atoms with Crippen LogP contribution >= 0.6 is 24.2 Å². The molecule has 25 heavy (non-hydrogen) atoms. The summed E-state index contributed by atoms with van der Waals surface area (Å²) >= 11 is 1.13. The minimum absolute atomic E-state index is 0. The molecule has 1 atom stereocenters. The molecule has 1 N–H and O–H groups in total. The summed E-state index contributed by atoms with van der Waals surface area (Å²) in [6.45, 7) is 2.77. The second-order valence-corrected chi connectivity index (χ2v) is 6.71. The summed E-state index contributed by atoms with van der Waals surface area (Å²) in [7, 11) is 0. The minimum atomic E-state index is -0.644. The minimum Gasteiger partial charge on any atom is -0.339 e. The molecule has 1 aliphatic heterocycles. The number of carbonyl (C=O) groups excluding carboxylic acids is 1. The van der Waals surface area contributed by atoms with Crippen LogP contribution < -0.4 is 5.32 Å². The molecule has 7 heteroatoms. The molecule has 0 aromatic heterocycles. The van der Waals surface area contributed by atoms with Crippen molar-refractivity contribution in [2.75, 3.05) is 26.2 Å². The fraction of sp³-hybridized carbons (Fsp3) is 0.278. The van der Waals surface area contributed by atoms with Crippen molar-refractivity contribution in [2.45, 2.75) is 10.1 Å². The summed E-state index contributed by atoms with van der Waals surface area (Å²) < 4.78 is 27.2. The number of halogens is 3. The number of nitrogens with zero attached hydrogens (tertiary/aromatic N) is 1. The van der Waals surface area contributed by atoms with E-state index in [4.69, 9.17) is 0 Å². The largest absolute Gasteiger partial charge is 0.339 e. The quantitative estimate of drug-likeness (QED) is 0.817. The number of carbonyl (C=O) groups is 1. The second-order valence-electron chi connectivity index (χ2n) is 5.56. The van der Waals surface area contributed by atoms with Crippen LogP contribution in [0.2, 0.25) is 0 Å². The average molecular weight is 385 g/mol. The summed E-state index contributed by atoms with van der Waals surface area (Å²) in [6, 6.07) is 12.8. The Morgan fingerprint density at radius 2 is 1.76 bits per heavy atom. The van der Waals surface area contributed by atoms with E-state index in [1.807, 2.05) is 30.3 Å². The number of thioether (sulfide) groups is 1. The van der Waals surface area contributed by atoms with Gasteiger partial charge in [0.15, 0.2) is 0 Å². The highest BCUT2D eigenvalue weighted by atomic mass is 35.5. The predicted molar refractivity (Wildman–Crippen MR) is 98.1 cm³/mol. The van der Waals surface area contributed by atoms with Gasteiger partial charge in [-0.2, -0.15) is 0 Å². The van der Waals surface area contributed by atoms with Gasteiger partial charge in [0.1, 0.15) is 16.9 Å². The molecule has 2 aromatic rings. The third kappa shape index (κ3) is 4.93. The lowest BCUT2D eigenvalue weighted by Gasteiger charge is -2.31. The van der Waals surface area contributed by atoms with Crippen LogP contribution in [-0.4, -0.2) is 37.0 Å². The lowest BCUT2D eigenvalue weighted by atomic mass is 10.1. The molecule has 134 valence electrons. The zero-order chi connectivity index (χ0) is 16.9. The molecule has 1 saturated heterocycles. The van der Waals surface area contributed by atoms with Crippen molar-refractivity contribution < 1.29 is 13.6 Å². The zero-order valence-electron chi connectivity index (χ0n) is 13.5. The van der Waals surface area contributed by atoms with Gasteiger partial charge in [0.25, 0.3) is 0 Å². The molecule has 1 amide bonds. The Labute approximate surface area is 156 Å². The fourth-order valence-corrected chi connectivity index (χ4v) is 3.75. The Morgan fingerprint density at radius 1 is 1.08 bits per heavy atom. The van der Waals surface area contributed by atoms with Crippen molar-refractivity contribution in [3.05, 3.63) is 65.7 Å². The Balaban J connectivity index is 0.00000225. The molecule has 1 unspecified atom stereocenters. The van der Waals surface area contributed by atoms with Gasteiger partial charge in [0, 0.05) is 37.1 Å². The van der Waals surface area contributed by atoms with Gasteiger partial charge in [-0.15, -0.1) is 24.2 Å². The van der Waals surface area contributed by atoms with E-state index in [9.17, 15) is 13.6 Å². The van der Waals surface area contributed by atoms with Crippen LogP contribution in [0.5, 0.6) is 0 Å². The molecule has 1 fully saturated rings. The predicted octanol–water partition coefficient (Wildman–Crippen LogP) is 3.65. The molecule has 0 bridgehead atoms. The first-order valence-electron chi connectivity index (χ1n) is 7.81. The van der Waals surface area contributed by atoms with Crippen molar-refractivity contribution in [3.63, 3.8) is 0 Å². The third-order valence-corrected chi connectivity index (χ3v) is 5.19. The summed E-state index contributed by atoms with van der Waals surface area (Å²) in [5.74, 6) is -1.31. The number of nitrogens with one attached hydrogen (secondary N) is 1. The highest BCUT2D eigenvalue weighted by Gasteiger charge is 2.28. The van der Waals surface area contributed by atoms with Crippen LogP contribution in [0.3, 0.4) is 0 Å². The van der Waals surface area contributed by atoms with Crippen molar-refractivity contribution in [2.24, 2.45) is 0 Å². The lowest BCUT2D eigenvalue weighted by Crippen LogP contribution is -2.47. The highest BCUT2D eigenvalue weighted by molar-refractivity contribution is 8.00. The van der Waals surface area contributed by atoms with Gasteiger partial charge in [-0.05, 0) is 17.7 Å². The molecular weight excluding hydrogens is 366 g/mol. The van der Waals surface area contributed by atoms with E-state index in [1.54, 1.807) is 4.90 Å². The number of piperazine rings is 1. The van der Waals surface area contributed by atoms with E-state index in [0.717, 1.165) is 36.5 Å². The van der Waals surface area contributed by atoms with Gasteiger partial charge in [-0.25, -0.2) is 8.78 Å². The van der Waals surface area contributed by atoms with Gasteiger partial charge in [-0.3, -0.25) is 4.79 Å². The topological polar surface area (TPSA) is 32.3 Å². The fourth-order valence-electron chi connectivity index (χ4n) is 2.64. The molecule has 2 aromatic carbocycles. The van der Waals surface area contributed by atoms with Gasteiger partial charge < -0.3 is 10.2 Å². The van der Waals surface area contributed by atoms with Crippen molar-refractivity contribution in [1.82, 2.24) is 10.2 Å². The molecule has 1 aliphatic rings. The summed E-state index contributed by atoms with van der Waals surface area (Å²) in [6.07, 6.45) is 0. The van der Waals surface area contributed by atoms with Crippen LogP contribution in [0.25, 0.3) is 0 Å². The maximum absolute atomic E-state index is 14.0. The van der Waals surface area contributed by atoms with Crippen LogP contribution in [-0.2, 0) is 4.79 Å². The van der Waals surface area contributed by atoms with Crippen molar-refractivity contribution in [3.8, 4) is 0 Å². The molecule has 3 rings (SSSR count). The summed E-state index contributed by atoms with van der Waals surface area (Å²) in [4.78, 5) is 15.0. The SMILES string of the molecule is Cl.O=C(C(Sc1ccc(F)cc1F)c1ccccc1)N1CCNCC1. The Morgan fingerprint density at radius 3 is 2.40 bits per heavy atom. The number of amides is 1. The van der Waals surface area contributed by atoms with E-state index >= 15 is 0 Å². The van der Waals surface area contributed by atoms with Crippen LogP contribution in [0.4, 0.5) is 8.78 Å². The number of hydrogen-bond donors (Lipinski definition) is 1. The molecule has 3 nitrogen and oxygen atoms in total. The van der Waals surface area contributed by atoms with Gasteiger partial charge >= 0.3 is 0 Å². The van der Waals surface area contributed by atoms with Gasteiger partial charge in [0.05, 0.1) is 0 Å². The van der Waals surface area contributed by atoms with Crippen LogP contribution in [0, 0.1) is 11.6 Å². The average Bonchev–Trinajstić information content (AvgIpc) is 2.62. The number of hydrogen-bond acceptors (Lipinski definition) is 3. The second kappa shape index (κ2) is 9.17. The Bertz CT molecular complexity index is 711. The monoisotopic (exact) mass is 384 g/mol. The first-order chi connectivity index (χ1) is 11.6. The van der Waals surface area contributed by atoms with Crippen molar-refractivity contribution >= 4 is 30.1 Å². The number of rotatable bonds is 4. The Kier molecular flexibility index (Phi) is 7.23. The van der Waals surface area contributed by atoms with E-state index < -0.39 is 16.9 Å². The summed E-state index contributed by atoms with van der Waals surface area (Å²) in [5.41, 5.74) is 0.815. The van der Waals surface area contributed by atoms with Gasteiger partial charge in [0.2, 0.25) is 5.91 Å². The molecule has 0 radical (unpaired) electrons. The van der Waals surface area contributed by atoms with Crippen LogP contribution in [0.15, 0.2) is 53.4 Å². The molecule has 1 heterocycles. The maximum atomic E-state index is 14.0. The summed E-state index contributed by atoms with van der Waals surface area (Å²) in [5, 5.41) is 2.66. The lowest BCUT2D eigenvalue weighted by molar-refractivity contribution is -0.131.